The van der Waals surface area contributed by atoms with Crippen molar-refractivity contribution in [2.75, 3.05) is 13.1 Å². The van der Waals surface area contributed by atoms with Gasteiger partial charge < -0.3 is 4.74 Å². The second-order valence-electron chi connectivity index (χ2n) is 10.8. The summed E-state index contributed by atoms with van der Waals surface area (Å²) < 4.78 is 5.80. The van der Waals surface area contributed by atoms with Crippen LogP contribution >= 0.6 is 0 Å². The van der Waals surface area contributed by atoms with Gasteiger partial charge in [-0.25, -0.2) is 4.98 Å². The predicted octanol–water partition coefficient (Wildman–Crippen LogP) is 4.54. The van der Waals surface area contributed by atoms with E-state index in [-0.39, 0.29) is 6.04 Å². The normalized spacial score (nSPS) is 26.2. The van der Waals surface area contributed by atoms with Crippen molar-refractivity contribution in [3.63, 3.8) is 0 Å². The number of hydrogen-bond acceptors (Lipinski definition) is 6. The van der Waals surface area contributed by atoms with Crippen LogP contribution in [0.5, 0.6) is 5.88 Å². The fourth-order valence-corrected chi connectivity index (χ4v) is 5.91. The number of pyridine rings is 1. The highest BCUT2D eigenvalue weighted by atomic mass is 16.5. The first-order valence-corrected chi connectivity index (χ1v) is 13.0. The Morgan fingerprint density at radius 2 is 1.91 bits per heavy atom. The lowest BCUT2D eigenvalue weighted by atomic mass is 9.76. The number of nitrogens with zero attached hydrogens (tertiary/aromatic N) is 5. The van der Waals surface area contributed by atoms with Gasteiger partial charge in [-0.15, -0.1) is 0 Å². The summed E-state index contributed by atoms with van der Waals surface area (Å²) in [5, 5.41) is 17.2. The molecule has 0 amide bonds. The van der Waals surface area contributed by atoms with E-state index >= 15 is 0 Å². The molecule has 1 saturated carbocycles. The molecule has 2 aromatic heterocycles. The molecule has 0 spiro atoms. The number of aromatic nitrogens is 3. The Morgan fingerprint density at radius 3 is 2.53 bits per heavy atom. The Hall–Kier alpha value is -2.43. The number of aromatic amines is 1. The summed E-state index contributed by atoms with van der Waals surface area (Å²) in [5.41, 5.74) is 2.93. The highest BCUT2D eigenvalue weighted by Crippen LogP contribution is 2.43. The molecular weight excluding hydrogens is 424 g/mol. The van der Waals surface area contributed by atoms with Crippen LogP contribution in [-0.4, -0.2) is 56.3 Å². The first-order chi connectivity index (χ1) is 16.5. The average molecular weight is 463 g/mol. The van der Waals surface area contributed by atoms with Gasteiger partial charge in [-0.3, -0.25) is 14.9 Å². The van der Waals surface area contributed by atoms with E-state index in [1.54, 1.807) is 6.20 Å². The molecule has 6 atom stereocenters. The van der Waals surface area contributed by atoms with Crippen molar-refractivity contribution in [2.24, 2.45) is 17.8 Å². The number of hydrogen-bond donors (Lipinski definition) is 1. The summed E-state index contributed by atoms with van der Waals surface area (Å²) in [6.45, 7) is 12.3. The molecule has 4 aliphatic rings. The van der Waals surface area contributed by atoms with Crippen molar-refractivity contribution >= 4 is 0 Å². The topological polar surface area (TPSA) is 81.1 Å². The summed E-state index contributed by atoms with van der Waals surface area (Å²) >= 11 is 0. The van der Waals surface area contributed by atoms with Gasteiger partial charge in [0.2, 0.25) is 5.88 Å². The summed E-state index contributed by atoms with van der Waals surface area (Å²) in [6, 6.07) is 7.83. The van der Waals surface area contributed by atoms with Crippen LogP contribution < -0.4 is 4.74 Å². The zero-order chi connectivity index (χ0) is 23.8. The molecule has 7 heteroatoms. The van der Waals surface area contributed by atoms with E-state index in [0.29, 0.717) is 41.5 Å². The Bertz CT molecular complexity index is 997. The zero-order valence-electron chi connectivity index (χ0n) is 20.9. The number of H-pyrrole nitrogens is 1. The van der Waals surface area contributed by atoms with Gasteiger partial charge in [0.1, 0.15) is 12.2 Å². The molecule has 5 heterocycles. The predicted molar refractivity (Wildman–Crippen MR) is 131 cm³/mol. The summed E-state index contributed by atoms with van der Waals surface area (Å²) in [6.07, 6.45) is 8.78. The zero-order valence-corrected chi connectivity index (χ0v) is 20.9. The Balaban J connectivity index is 1.28. The largest absolute Gasteiger partial charge is 0.474 e. The molecule has 0 radical (unpaired) electrons. The standard InChI is InChI=1S/C27H38N6O/c1-5-17(2)18(3)19(4)27(26-21(11-28)13-30-31-26)32-15-22-10-23(16-32)33(22)14-20-6-9-25(29-12-20)34-24-7-8-24/h6,9,12-13,17-19,22-24,27H,5,7-8,10,14-16H2,1-4H3,(H,30,31)/t17-,18+,19+,22?,23?,27?/m0/s1. The lowest BCUT2D eigenvalue weighted by Gasteiger charge is -2.58. The number of rotatable bonds is 10. The molecule has 3 unspecified atom stereocenters. The second kappa shape index (κ2) is 9.67. The monoisotopic (exact) mass is 462 g/mol. The number of ether oxygens (including phenoxy) is 1. The SMILES string of the molecule is CC[C@H](C)[C@@H](C)[C@@H](C)C(c1[nH]ncc1C#N)N1CC2CC(C1)N2Cc1ccc(OC2CC2)nc1. The van der Waals surface area contributed by atoms with Crippen molar-refractivity contribution in [2.45, 2.75) is 84.2 Å². The van der Waals surface area contributed by atoms with E-state index < -0.39 is 0 Å². The first kappa shape index (κ1) is 23.3. The second-order valence-corrected chi connectivity index (χ2v) is 10.8. The van der Waals surface area contributed by atoms with Gasteiger partial charge in [0.05, 0.1) is 23.5 Å². The van der Waals surface area contributed by atoms with E-state index in [0.717, 1.165) is 44.0 Å². The van der Waals surface area contributed by atoms with E-state index in [2.05, 4.69) is 64.8 Å². The number of piperazine rings is 1. The highest BCUT2D eigenvalue weighted by molar-refractivity contribution is 5.33. The third-order valence-electron chi connectivity index (χ3n) is 8.69. The van der Waals surface area contributed by atoms with Crippen LogP contribution in [0.15, 0.2) is 24.5 Å². The maximum atomic E-state index is 9.72. The van der Waals surface area contributed by atoms with Crippen LogP contribution in [0.3, 0.4) is 0 Å². The van der Waals surface area contributed by atoms with Crippen molar-refractivity contribution in [3.8, 4) is 11.9 Å². The molecule has 2 bridgehead atoms. The molecule has 0 aromatic carbocycles. The number of nitrogens with one attached hydrogen (secondary N) is 1. The number of fused-ring (bicyclic) bond motifs is 2. The van der Waals surface area contributed by atoms with Crippen molar-refractivity contribution in [1.82, 2.24) is 25.0 Å². The van der Waals surface area contributed by atoms with Gasteiger partial charge in [-0.2, -0.15) is 10.4 Å². The average Bonchev–Trinajstić information content (AvgIpc) is 3.56. The number of nitriles is 1. The minimum Gasteiger partial charge on any atom is -0.474 e. The van der Waals surface area contributed by atoms with Gasteiger partial charge in [-0.05, 0) is 42.6 Å². The lowest BCUT2D eigenvalue weighted by molar-refractivity contribution is -0.0988. The molecule has 2 aromatic rings. The van der Waals surface area contributed by atoms with Crippen LogP contribution in [0, 0.1) is 29.1 Å². The maximum absolute atomic E-state index is 9.72. The molecule has 4 fully saturated rings. The van der Waals surface area contributed by atoms with E-state index in [4.69, 9.17) is 4.74 Å². The maximum Gasteiger partial charge on any atom is 0.213 e. The van der Waals surface area contributed by atoms with Gasteiger partial charge >= 0.3 is 0 Å². The minimum absolute atomic E-state index is 0.189. The molecule has 7 nitrogen and oxygen atoms in total. The van der Waals surface area contributed by atoms with Crippen LogP contribution in [0.1, 0.15) is 76.2 Å². The van der Waals surface area contributed by atoms with Crippen molar-refractivity contribution in [1.29, 1.82) is 5.26 Å². The van der Waals surface area contributed by atoms with Crippen molar-refractivity contribution in [3.05, 3.63) is 41.3 Å². The van der Waals surface area contributed by atoms with Gasteiger partial charge in [0, 0.05) is 44.0 Å². The van der Waals surface area contributed by atoms with E-state index in [1.807, 2.05) is 12.3 Å². The van der Waals surface area contributed by atoms with Crippen LogP contribution in [-0.2, 0) is 6.54 Å². The van der Waals surface area contributed by atoms with E-state index in [1.165, 1.54) is 18.4 Å². The van der Waals surface area contributed by atoms with Crippen LogP contribution in [0.4, 0.5) is 0 Å². The molecule has 1 aliphatic carbocycles. The van der Waals surface area contributed by atoms with Crippen molar-refractivity contribution < 1.29 is 4.74 Å². The van der Waals surface area contributed by atoms with Gasteiger partial charge in [-0.1, -0.05) is 40.2 Å². The summed E-state index contributed by atoms with van der Waals surface area (Å²) in [5.74, 6) is 2.38. The van der Waals surface area contributed by atoms with Crippen LogP contribution in [0.25, 0.3) is 0 Å². The molecule has 3 aliphatic heterocycles. The Kier molecular flexibility index (Phi) is 6.63. The lowest BCUT2D eigenvalue weighted by Crippen LogP contribution is -2.68. The number of piperidine rings is 1. The quantitative estimate of drug-likeness (QED) is 0.558. The van der Waals surface area contributed by atoms with Crippen LogP contribution in [0.2, 0.25) is 0 Å². The summed E-state index contributed by atoms with van der Waals surface area (Å²) in [7, 11) is 0. The molecule has 182 valence electrons. The molecule has 3 saturated heterocycles. The minimum atomic E-state index is 0.189. The molecule has 34 heavy (non-hydrogen) atoms. The first-order valence-electron chi connectivity index (χ1n) is 13.0. The Morgan fingerprint density at radius 1 is 1.15 bits per heavy atom. The third-order valence-corrected chi connectivity index (χ3v) is 8.69. The molecule has 1 N–H and O–H groups in total. The fourth-order valence-electron chi connectivity index (χ4n) is 5.91. The summed E-state index contributed by atoms with van der Waals surface area (Å²) in [4.78, 5) is 9.78. The highest BCUT2D eigenvalue weighted by Gasteiger charge is 2.48. The molecular formula is C27H38N6O. The fraction of sp³-hybridized carbons (Fsp3) is 0.667. The third kappa shape index (κ3) is 4.58. The smallest absolute Gasteiger partial charge is 0.213 e. The van der Waals surface area contributed by atoms with Gasteiger partial charge in [0.15, 0.2) is 0 Å². The van der Waals surface area contributed by atoms with E-state index in [9.17, 15) is 5.26 Å². The Labute approximate surface area is 203 Å². The molecule has 6 rings (SSSR count). The van der Waals surface area contributed by atoms with Gasteiger partial charge in [0.25, 0.3) is 0 Å².